The molecule has 3 rings (SSSR count). The summed E-state index contributed by atoms with van der Waals surface area (Å²) >= 11 is 1.74. The lowest BCUT2D eigenvalue weighted by Gasteiger charge is -2.06. The van der Waals surface area contributed by atoms with Gasteiger partial charge in [-0.25, -0.2) is 15.0 Å². The summed E-state index contributed by atoms with van der Waals surface area (Å²) in [5.41, 5.74) is 3.29. The minimum Gasteiger partial charge on any atom is -0.360 e. The van der Waals surface area contributed by atoms with Crippen molar-refractivity contribution in [3.8, 4) is 11.3 Å². The van der Waals surface area contributed by atoms with Crippen LogP contribution in [0.2, 0.25) is 0 Å². The highest BCUT2D eigenvalue weighted by atomic mass is 32.2. The van der Waals surface area contributed by atoms with Crippen molar-refractivity contribution in [2.24, 2.45) is 0 Å². The summed E-state index contributed by atoms with van der Waals surface area (Å²) in [6.07, 6.45) is 8.23. The van der Waals surface area contributed by atoms with Gasteiger partial charge in [-0.15, -0.1) is 0 Å². The monoisotopic (exact) mass is 406 g/mol. The summed E-state index contributed by atoms with van der Waals surface area (Å²) in [4.78, 5) is 12.6. The molecule has 0 atom stereocenters. The van der Waals surface area contributed by atoms with Crippen LogP contribution in [0.1, 0.15) is 39.7 Å². The zero-order valence-electron chi connectivity index (χ0n) is 17.7. The highest BCUT2D eigenvalue weighted by Crippen LogP contribution is 2.23. The molecule has 0 N–H and O–H groups in total. The van der Waals surface area contributed by atoms with Gasteiger partial charge in [-0.05, 0) is 30.9 Å². The number of aromatic nitrogens is 4. The average molecular weight is 407 g/mol. The van der Waals surface area contributed by atoms with Gasteiger partial charge in [0.15, 0.2) is 5.65 Å². The number of hydrogen-bond donors (Lipinski definition) is 0. The van der Waals surface area contributed by atoms with Gasteiger partial charge in [0.2, 0.25) is 5.95 Å². The first-order valence-corrected chi connectivity index (χ1v) is 11.0. The maximum Gasteiger partial charge on any atom is 0.222 e. The highest BCUT2D eigenvalue weighted by Gasteiger charge is 2.13. The molecule has 0 radical (unpaired) electrons. The second-order valence-corrected chi connectivity index (χ2v) is 6.77. The molecule has 3 heterocycles. The molecule has 0 saturated heterocycles. The molecule has 0 unspecified atom stereocenters. The highest BCUT2D eigenvalue weighted by molar-refractivity contribution is 7.98. The maximum atomic E-state index is 13.8. The summed E-state index contributed by atoms with van der Waals surface area (Å²) in [7, 11) is 0. The molecule has 0 aliphatic heterocycles. The van der Waals surface area contributed by atoms with Crippen molar-refractivity contribution in [1.82, 2.24) is 19.5 Å². The van der Waals surface area contributed by atoms with Gasteiger partial charge in [0, 0.05) is 18.1 Å². The zero-order chi connectivity index (χ0) is 20.9. The van der Waals surface area contributed by atoms with E-state index in [1.54, 1.807) is 30.1 Å². The van der Waals surface area contributed by atoms with Crippen LogP contribution in [-0.2, 0) is 11.5 Å². The van der Waals surface area contributed by atoms with E-state index in [2.05, 4.69) is 28.8 Å². The molecule has 3 aromatic heterocycles. The molecule has 0 aliphatic carbocycles. The van der Waals surface area contributed by atoms with Gasteiger partial charge < -0.3 is 9.30 Å². The Balaban J connectivity index is 0.000000717. The average Bonchev–Trinajstić information content (AvgIpc) is 3.03. The van der Waals surface area contributed by atoms with Crippen molar-refractivity contribution < 1.29 is 9.13 Å². The number of nitrogens with zero attached hydrogens (tertiary/aromatic N) is 4. The fraction of sp³-hybridized carbons (Fsp3) is 0.476. The van der Waals surface area contributed by atoms with E-state index in [4.69, 9.17) is 4.74 Å². The number of fused-ring (bicyclic) bond motifs is 1. The zero-order valence-corrected chi connectivity index (χ0v) is 18.5. The molecule has 28 heavy (non-hydrogen) atoms. The third kappa shape index (κ3) is 6.56. The Hall–Kier alpha value is -1.99. The summed E-state index contributed by atoms with van der Waals surface area (Å²) in [6.45, 7) is 11.3. The number of pyridine rings is 1. The Bertz CT molecular complexity index is 838. The Morgan fingerprint density at radius 2 is 1.93 bits per heavy atom. The van der Waals surface area contributed by atoms with E-state index in [0.717, 1.165) is 22.5 Å². The molecule has 0 fully saturated rings. The molecule has 0 spiro atoms. The van der Waals surface area contributed by atoms with Crippen molar-refractivity contribution in [2.75, 3.05) is 18.6 Å². The molecule has 3 aromatic rings. The minimum absolute atomic E-state index is 0.352. The molecule has 5 nitrogen and oxygen atoms in total. The number of aryl methyl sites for hydroxylation is 1. The molecule has 0 saturated carbocycles. The van der Waals surface area contributed by atoms with Crippen LogP contribution in [0.25, 0.3) is 22.4 Å². The van der Waals surface area contributed by atoms with Gasteiger partial charge in [-0.2, -0.15) is 16.2 Å². The predicted molar refractivity (Wildman–Crippen MR) is 117 cm³/mol. The molecular formula is C21H31FN4OS. The normalized spacial score (nSPS) is 10.1. The Morgan fingerprint density at radius 3 is 2.57 bits per heavy atom. The van der Waals surface area contributed by atoms with Gasteiger partial charge in [0.05, 0.1) is 24.1 Å². The fourth-order valence-corrected chi connectivity index (χ4v) is 2.61. The van der Waals surface area contributed by atoms with E-state index in [1.807, 2.05) is 37.8 Å². The summed E-state index contributed by atoms with van der Waals surface area (Å²) in [6, 6.07) is 3.33. The quantitative estimate of drug-likeness (QED) is 0.387. The molecule has 154 valence electrons. The molecule has 0 bridgehead atoms. The molecule has 0 aromatic carbocycles. The van der Waals surface area contributed by atoms with Crippen molar-refractivity contribution >= 4 is 22.9 Å². The van der Waals surface area contributed by atoms with Crippen LogP contribution in [-0.4, -0.2) is 38.1 Å². The van der Waals surface area contributed by atoms with Crippen LogP contribution in [0.5, 0.6) is 0 Å². The summed E-state index contributed by atoms with van der Waals surface area (Å²) in [5, 5.41) is 0. The topological polar surface area (TPSA) is 52.8 Å². The van der Waals surface area contributed by atoms with E-state index < -0.39 is 5.95 Å². The fourth-order valence-electron chi connectivity index (χ4n) is 2.32. The number of hydrogen-bond acceptors (Lipinski definition) is 5. The Kier molecular flexibility index (Phi) is 11.4. The minimum atomic E-state index is -0.543. The molecule has 0 amide bonds. The van der Waals surface area contributed by atoms with Gasteiger partial charge in [-0.1, -0.05) is 34.1 Å². The van der Waals surface area contributed by atoms with Gasteiger partial charge >= 0.3 is 0 Å². The number of halogens is 1. The van der Waals surface area contributed by atoms with Gasteiger partial charge in [0.25, 0.3) is 0 Å². The van der Waals surface area contributed by atoms with Gasteiger partial charge in [-0.3, -0.25) is 0 Å². The smallest absolute Gasteiger partial charge is 0.222 e. The summed E-state index contributed by atoms with van der Waals surface area (Å²) < 4.78 is 21.4. The third-order valence-electron chi connectivity index (χ3n) is 3.45. The second kappa shape index (κ2) is 13.2. The SMILES string of the molecule is CC.CCC.CSCCOCn1cc(C)c2nc(-c3cccnc3F)cnc21. The van der Waals surface area contributed by atoms with Crippen LogP contribution in [0.4, 0.5) is 4.39 Å². The standard InChI is InChI=1S/C16H17FN4OS.C3H8.C2H6/c1-11-9-21(10-22-6-7-23-2)16-14(11)20-13(8-19-16)12-4-3-5-18-15(12)17;1-3-2;1-2/h3-5,8-9H,6-7,10H2,1-2H3;3H2,1-2H3;1-2H3. The van der Waals surface area contributed by atoms with Crippen molar-refractivity contribution in [2.45, 2.75) is 47.8 Å². The lowest BCUT2D eigenvalue weighted by Crippen LogP contribution is -2.05. The van der Waals surface area contributed by atoms with E-state index in [1.165, 1.54) is 12.6 Å². The third-order valence-corrected chi connectivity index (χ3v) is 4.02. The first-order valence-electron chi connectivity index (χ1n) is 9.62. The first-order chi connectivity index (χ1) is 13.6. The van der Waals surface area contributed by atoms with E-state index >= 15 is 0 Å². The van der Waals surface area contributed by atoms with Gasteiger partial charge in [0.1, 0.15) is 12.2 Å². The van der Waals surface area contributed by atoms with Crippen LogP contribution >= 0.6 is 11.8 Å². The second-order valence-electron chi connectivity index (χ2n) is 5.79. The lowest BCUT2D eigenvalue weighted by atomic mass is 10.2. The van der Waals surface area contributed by atoms with Crippen LogP contribution in [0, 0.1) is 12.9 Å². The van der Waals surface area contributed by atoms with Crippen molar-refractivity contribution in [1.29, 1.82) is 0 Å². The molecule has 0 aliphatic rings. The molecule has 7 heteroatoms. The van der Waals surface area contributed by atoms with Crippen LogP contribution < -0.4 is 0 Å². The van der Waals surface area contributed by atoms with E-state index in [9.17, 15) is 4.39 Å². The van der Waals surface area contributed by atoms with E-state index in [-0.39, 0.29) is 0 Å². The maximum absolute atomic E-state index is 13.8. The largest absolute Gasteiger partial charge is 0.360 e. The Labute approximate surface area is 171 Å². The predicted octanol–water partition coefficient (Wildman–Crippen LogP) is 5.72. The van der Waals surface area contributed by atoms with Crippen LogP contribution in [0.3, 0.4) is 0 Å². The Morgan fingerprint density at radius 1 is 1.21 bits per heavy atom. The number of thioether (sulfide) groups is 1. The van der Waals surface area contributed by atoms with E-state index in [0.29, 0.717) is 24.6 Å². The van der Waals surface area contributed by atoms with Crippen molar-refractivity contribution in [3.05, 3.63) is 42.2 Å². The lowest BCUT2D eigenvalue weighted by molar-refractivity contribution is 0.0926. The number of rotatable bonds is 6. The van der Waals surface area contributed by atoms with Crippen molar-refractivity contribution in [3.63, 3.8) is 0 Å². The first kappa shape index (κ1) is 24.0. The van der Waals surface area contributed by atoms with Crippen LogP contribution in [0.15, 0.2) is 30.7 Å². The molecular weight excluding hydrogens is 375 g/mol. The number of ether oxygens (including phenoxy) is 1. The summed E-state index contributed by atoms with van der Waals surface area (Å²) in [5.74, 6) is 0.410.